The molecule has 0 heterocycles. The van der Waals surface area contributed by atoms with Gasteiger partial charge in [0.05, 0.1) is 13.2 Å². The Labute approximate surface area is 140 Å². The van der Waals surface area contributed by atoms with Crippen LogP contribution in [0.2, 0.25) is 0 Å². The fourth-order valence-corrected chi connectivity index (χ4v) is 2.06. The highest BCUT2D eigenvalue weighted by Crippen LogP contribution is 1.98. The molecule has 0 aliphatic heterocycles. The summed E-state index contributed by atoms with van der Waals surface area (Å²) in [6.07, 6.45) is 3.05. The topological polar surface area (TPSA) is 54.9 Å². The maximum atomic E-state index is 5.44. The van der Waals surface area contributed by atoms with E-state index in [1.54, 1.807) is 7.11 Å². The lowest BCUT2D eigenvalue weighted by Crippen LogP contribution is -2.38. The highest BCUT2D eigenvalue weighted by atomic mass is 16.5. The summed E-state index contributed by atoms with van der Waals surface area (Å²) in [4.78, 5) is 4.59. The predicted octanol–water partition coefficient (Wildman–Crippen LogP) is 2.23. The SMILES string of the molecule is CCNC(=NCCCCOCCOC)NCCc1ccccc1. The van der Waals surface area contributed by atoms with E-state index in [1.165, 1.54) is 5.56 Å². The lowest BCUT2D eigenvalue weighted by Gasteiger charge is -2.11. The normalized spacial score (nSPS) is 11.5. The fourth-order valence-electron chi connectivity index (χ4n) is 2.06. The first-order chi connectivity index (χ1) is 11.4. The summed E-state index contributed by atoms with van der Waals surface area (Å²) in [6, 6.07) is 10.5. The summed E-state index contributed by atoms with van der Waals surface area (Å²) in [7, 11) is 1.69. The Bertz CT molecular complexity index is 410. The molecule has 0 bridgehead atoms. The van der Waals surface area contributed by atoms with Crippen LogP contribution in [0.25, 0.3) is 0 Å². The summed E-state index contributed by atoms with van der Waals surface area (Å²) in [5.74, 6) is 0.892. The van der Waals surface area contributed by atoms with Gasteiger partial charge in [-0.2, -0.15) is 0 Å². The molecule has 5 heteroatoms. The second-order valence-electron chi connectivity index (χ2n) is 5.24. The van der Waals surface area contributed by atoms with Gasteiger partial charge in [-0.25, -0.2) is 0 Å². The van der Waals surface area contributed by atoms with E-state index in [2.05, 4.69) is 46.8 Å². The molecule has 0 unspecified atom stereocenters. The quantitative estimate of drug-likeness (QED) is 0.352. The first-order valence-corrected chi connectivity index (χ1v) is 8.49. The van der Waals surface area contributed by atoms with E-state index in [0.717, 1.165) is 51.5 Å². The zero-order valence-corrected chi connectivity index (χ0v) is 14.5. The Morgan fingerprint density at radius 1 is 1.04 bits per heavy atom. The van der Waals surface area contributed by atoms with Crippen molar-refractivity contribution in [2.45, 2.75) is 26.2 Å². The van der Waals surface area contributed by atoms with Gasteiger partial charge in [-0.15, -0.1) is 0 Å². The molecule has 2 N–H and O–H groups in total. The van der Waals surface area contributed by atoms with Gasteiger partial charge in [-0.3, -0.25) is 4.99 Å². The van der Waals surface area contributed by atoms with Crippen LogP contribution in [0.3, 0.4) is 0 Å². The second-order valence-corrected chi connectivity index (χ2v) is 5.24. The van der Waals surface area contributed by atoms with Gasteiger partial charge in [0.2, 0.25) is 0 Å². The molecule has 5 nitrogen and oxygen atoms in total. The summed E-state index contributed by atoms with van der Waals surface area (Å²) in [5, 5.41) is 6.66. The number of rotatable bonds is 12. The average Bonchev–Trinajstić information content (AvgIpc) is 2.58. The van der Waals surface area contributed by atoms with Crippen molar-refractivity contribution in [2.24, 2.45) is 4.99 Å². The zero-order chi connectivity index (χ0) is 16.6. The highest BCUT2D eigenvalue weighted by Gasteiger charge is 1.97. The van der Waals surface area contributed by atoms with Gasteiger partial charge in [0.1, 0.15) is 0 Å². The van der Waals surface area contributed by atoms with Gasteiger partial charge < -0.3 is 20.1 Å². The first-order valence-electron chi connectivity index (χ1n) is 8.49. The minimum atomic E-state index is 0.661. The molecule has 23 heavy (non-hydrogen) atoms. The monoisotopic (exact) mass is 321 g/mol. The molecule has 1 aromatic rings. The molecule has 0 saturated heterocycles. The van der Waals surface area contributed by atoms with Gasteiger partial charge in [0.15, 0.2) is 5.96 Å². The molecule has 0 amide bonds. The summed E-state index contributed by atoms with van der Waals surface area (Å²) in [5.41, 5.74) is 1.34. The maximum absolute atomic E-state index is 5.44. The van der Waals surface area contributed by atoms with Crippen LogP contribution in [-0.4, -0.2) is 52.5 Å². The Hall–Kier alpha value is -1.59. The van der Waals surface area contributed by atoms with Crippen LogP contribution in [0, 0.1) is 0 Å². The van der Waals surface area contributed by atoms with Crippen LogP contribution in [0.15, 0.2) is 35.3 Å². The molecule has 1 rings (SSSR count). The predicted molar refractivity (Wildman–Crippen MR) is 96.1 cm³/mol. The number of methoxy groups -OCH3 is 1. The molecule has 0 radical (unpaired) electrons. The Morgan fingerprint density at radius 2 is 1.87 bits per heavy atom. The van der Waals surface area contributed by atoms with E-state index in [-0.39, 0.29) is 0 Å². The standard InChI is InChI=1S/C18H31N3O2/c1-3-19-18(20-12-7-8-14-23-16-15-22-2)21-13-11-17-9-5-4-6-10-17/h4-6,9-10H,3,7-8,11-16H2,1-2H3,(H2,19,20,21). The molecule has 0 aliphatic rings. The largest absolute Gasteiger partial charge is 0.382 e. The third-order valence-corrected chi connectivity index (χ3v) is 3.29. The molecule has 1 aromatic carbocycles. The Kier molecular flexibility index (Phi) is 11.9. The Morgan fingerprint density at radius 3 is 2.61 bits per heavy atom. The molecule has 0 saturated carbocycles. The smallest absolute Gasteiger partial charge is 0.191 e. The van der Waals surface area contributed by atoms with Gasteiger partial charge in [-0.05, 0) is 31.7 Å². The van der Waals surface area contributed by atoms with Crippen LogP contribution in [-0.2, 0) is 15.9 Å². The van der Waals surface area contributed by atoms with Crippen LogP contribution < -0.4 is 10.6 Å². The number of hydrogen-bond acceptors (Lipinski definition) is 3. The minimum Gasteiger partial charge on any atom is -0.382 e. The number of benzene rings is 1. The summed E-state index contributed by atoms with van der Waals surface area (Å²) < 4.78 is 10.4. The molecule has 0 spiro atoms. The lowest BCUT2D eigenvalue weighted by atomic mass is 10.1. The number of ether oxygens (including phenoxy) is 2. The van der Waals surface area contributed by atoms with Crippen molar-refractivity contribution in [1.29, 1.82) is 0 Å². The number of unbranched alkanes of at least 4 members (excludes halogenated alkanes) is 1. The number of aliphatic imine (C=N–C) groups is 1. The van der Waals surface area contributed by atoms with Crippen molar-refractivity contribution < 1.29 is 9.47 Å². The first kappa shape index (κ1) is 19.5. The summed E-state index contributed by atoms with van der Waals surface area (Å²) in [6.45, 7) is 6.76. The van der Waals surface area contributed by atoms with E-state index in [4.69, 9.17) is 9.47 Å². The minimum absolute atomic E-state index is 0.661. The summed E-state index contributed by atoms with van der Waals surface area (Å²) >= 11 is 0. The number of nitrogens with zero attached hydrogens (tertiary/aromatic N) is 1. The second kappa shape index (κ2) is 14.0. The number of guanidine groups is 1. The zero-order valence-electron chi connectivity index (χ0n) is 14.5. The van der Waals surface area contributed by atoms with E-state index >= 15 is 0 Å². The third-order valence-electron chi connectivity index (χ3n) is 3.29. The fraction of sp³-hybridized carbons (Fsp3) is 0.611. The average molecular weight is 321 g/mol. The number of hydrogen-bond donors (Lipinski definition) is 2. The molecule has 0 fully saturated rings. The van der Waals surface area contributed by atoms with Crippen LogP contribution in [0.5, 0.6) is 0 Å². The van der Waals surface area contributed by atoms with Crippen molar-refractivity contribution in [3.8, 4) is 0 Å². The van der Waals surface area contributed by atoms with Crippen molar-refractivity contribution >= 4 is 5.96 Å². The highest BCUT2D eigenvalue weighted by molar-refractivity contribution is 5.79. The lowest BCUT2D eigenvalue weighted by molar-refractivity contribution is 0.0690. The van der Waals surface area contributed by atoms with Crippen molar-refractivity contribution in [1.82, 2.24) is 10.6 Å². The third kappa shape index (κ3) is 10.7. The Balaban J connectivity index is 2.14. The van der Waals surface area contributed by atoms with Crippen molar-refractivity contribution in [2.75, 3.05) is 46.6 Å². The maximum Gasteiger partial charge on any atom is 0.191 e. The van der Waals surface area contributed by atoms with E-state index in [1.807, 2.05) is 6.07 Å². The molecule has 130 valence electrons. The van der Waals surface area contributed by atoms with Gasteiger partial charge in [-0.1, -0.05) is 30.3 Å². The van der Waals surface area contributed by atoms with E-state index in [9.17, 15) is 0 Å². The van der Waals surface area contributed by atoms with Gasteiger partial charge >= 0.3 is 0 Å². The van der Waals surface area contributed by atoms with Crippen LogP contribution in [0.4, 0.5) is 0 Å². The van der Waals surface area contributed by atoms with Crippen molar-refractivity contribution in [3.05, 3.63) is 35.9 Å². The number of nitrogens with one attached hydrogen (secondary N) is 2. The van der Waals surface area contributed by atoms with Crippen LogP contribution in [0.1, 0.15) is 25.3 Å². The molecule has 0 atom stereocenters. The van der Waals surface area contributed by atoms with E-state index in [0.29, 0.717) is 13.2 Å². The van der Waals surface area contributed by atoms with Crippen LogP contribution >= 0.6 is 0 Å². The van der Waals surface area contributed by atoms with E-state index < -0.39 is 0 Å². The van der Waals surface area contributed by atoms with Gasteiger partial charge in [0, 0.05) is 33.4 Å². The molecule has 0 aliphatic carbocycles. The molecular weight excluding hydrogens is 290 g/mol. The van der Waals surface area contributed by atoms with Crippen molar-refractivity contribution in [3.63, 3.8) is 0 Å². The molecule has 0 aromatic heterocycles. The van der Waals surface area contributed by atoms with Gasteiger partial charge in [0.25, 0.3) is 0 Å². The molecular formula is C18H31N3O2.